The van der Waals surface area contributed by atoms with Crippen molar-refractivity contribution in [2.75, 3.05) is 12.4 Å². The number of pyridine rings is 1. The predicted molar refractivity (Wildman–Crippen MR) is 102 cm³/mol. The molecule has 0 bridgehead atoms. The van der Waals surface area contributed by atoms with Crippen molar-refractivity contribution in [3.8, 4) is 0 Å². The molecule has 1 aromatic carbocycles. The van der Waals surface area contributed by atoms with Gasteiger partial charge in [-0.25, -0.2) is 4.98 Å². The maximum atomic E-state index is 12.3. The molecule has 0 saturated heterocycles. The lowest BCUT2D eigenvalue weighted by molar-refractivity contribution is -0.117. The first-order chi connectivity index (χ1) is 12.1. The summed E-state index contributed by atoms with van der Waals surface area (Å²) in [5.41, 5.74) is 3.78. The summed E-state index contributed by atoms with van der Waals surface area (Å²) in [7, 11) is 3.84. The lowest BCUT2D eigenvalue weighted by Gasteiger charge is -2.07. The van der Waals surface area contributed by atoms with E-state index in [0.29, 0.717) is 12.1 Å². The molecule has 0 unspecified atom stereocenters. The van der Waals surface area contributed by atoms with Crippen molar-refractivity contribution >= 4 is 28.7 Å². The maximum Gasteiger partial charge on any atom is 0.247 e. The lowest BCUT2D eigenvalue weighted by atomic mass is 10.1. The van der Waals surface area contributed by atoms with E-state index < -0.39 is 0 Å². The molecule has 2 heterocycles. The van der Waals surface area contributed by atoms with E-state index >= 15 is 0 Å². The molecule has 0 fully saturated rings. The monoisotopic (exact) mass is 334 g/mol. The number of anilines is 1. The average Bonchev–Trinajstić information content (AvgIpc) is 2.96. The fourth-order valence-electron chi connectivity index (χ4n) is 2.78. The highest BCUT2D eigenvalue weighted by molar-refractivity contribution is 5.97. The zero-order valence-electron chi connectivity index (χ0n) is 14.7. The molecule has 0 aliphatic heterocycles. The van der Waals surface area contributed by atoms with Crippen LogP contribution in [0.5, 0.6) is 0 Å². The van der Waals surface area contributed by atoms with E-state index in [-0.39, 0.29) is 5.91 Å². The molecule has 3 rings (SSSR count). The number of carbonyl (C=O) groups excluding carboxylic acids is 1. The number of nitrogens with zero attached hydrogens (tertiary/aromatic N) is 2. The maximum absolute atomic E-state index is 12.3. The molecule has 2 N–H and O–H groups in total. The van der Waals surface area contributed by atoms with Crippen LogP contribution in [0.3, 0.4) is 0 Å². The van der Waals surface area contributed by atoms with E-state index in [2.05, 4.69) is 38.4 Å². The number of benzene rings is 1. The van der Waals surface area contributed by atoms with Gasteiger partial charge in [0.15, 0.2) is 0 Å². The lowest BCUT2D eigenvalue weighted by Crippen LogP contribution is -2.24. The first kappa shape index (κ1) is 16.8. The molecular formula is C20H22N4O. The van der Waals surface area contributed by atoms with Crippen LogP contribution in [0.1, 0.15) is 18.2 Å². The molecule has 128 valence electrons. The highest BCUT2D eigenvalue weighted by Crippen LogP contribution is 2.18. The van der Waals surface area contributed by atoms with Crippen molar-refractivity contribution in [1.82, 2.24) is 14.9 Å². The number of aromatic nitrogens is 2. The molecule has 3 aromatic rings. The van der Waals surface area contributed by atoms with Gasteiger partial charge in [-0.05, 0) is 48.2 Å². The number of para-hydroxylation sites is 1. The van der Waals surface area contributed by atoms with Crippen LogP contribution < -0.4 is 10.6 Å². The Hall–Kier alpha value is -3.08. The Balaban J connectivity index is 1.68. The Morgan fingerprint density at radius 1 is 1.24 bits per heavy atom. The van der Waals surface area contributed by atoms with Crippen LogP contribution in [0.15, 0.2) is 54.2 Å². The van der Waals surface area contributed by atoms with Gasteiger partial charge in [-0.15, -0.1) is 0 Å². The van der Waals surface area contributed by atoms with Crippen molar-refractivity contribution in [3.05, 3.63) is 65.5 Å². The summed E-state index contributed by atoms with van der Waals surface area (Å²) in [5.74, 6) is 0.720. The Morgan fingerprint density at radius 3 is 2.72 bits per heavy atom. The van der Waals surface area contributed by atoms with Gasteiger partial charge < -0.3 is 15.2 Å². The Bertz CT molecular complexity index is 923. The van der Waals surface area contributed by atoms with Crippen molar-refractivity contribution in [3.63, 3.8) is 0 Å². The zero-order chi connectivity index (χ0) is 17.8. The molecular weight excluding hydrogens is 312 g/mol. The van der Waals surface area contributed by atoms with Crippen molar-refractivity contribution in [2.24, 2.45) is 7.05 Å². The molecule has 1 amide bonds. The van der Waals surface area contributed by atoms with Crippen LogP contribution in [0.25, 0.3) is 17.0 Å². The van der Waals surface area contributed by atoms with Crippen molar-refractivity contribution in [2.45, 2.75) is 13.5 Å². The SMILES string of the molecule is CNc1ccc(/C=C(\C)C(=O)NCc2cc3ccccc3n2C)cn1. The van der Waals surface area contributed by atoms with E-state index in [4.69, 9.17) is 0 Å². The number of aryl methyl sites for hydroxylation is 1. The first-order valence-electron chi connectivity index (χ1n) is 8.22. The summed E-state index contributed by atoms with van der Waals surface area (Å²) in [6, 6.07) is 14.1. The van der Waals surface area contributed by atoms with Crippen LogP contribution in [0, 0.1) is 0 Å². The van der Waals surface area contributed by atoms with Gasteiger partial charge in [-0.2, -0.15) is 0 Å². The third-order valence-corrected chi connectivity index (χ3v) is 4.26. The summed E-state index contributed by atoms with van der Waals surface area (Å²) in [5, 5.41) is 7.13. The normalized spacial score (nSPS) is 11.6. The van der Waals surface area contributed by atoms with Gasteiger partial charge in [0.05, 0.1) is 6.54 Å². The third-order valence-electron chi connectivity index (χ3n) is 4.26. The number of amides is 1. The van der Waals surface area contributed by atoms with Crippen molar-refractivity contribution < 1.29 is 4.79 Å². The minimum Gasteiger partial charge on any atom is -0.373 e. The molecule has 0 radical (unpaired) electrons. The summed E-state index contributed by atoms with van der Waals surface area (Å²) >= 11 is 0. The number of carbonyl (C=O) groups is 1. The van der Waals surface area contributed by atoms with Crippen LogP contribution >= 0.6 is 0 Å². The Labute approximate surface area is 147 Å². The zero-order valence-corrected chi connectivity index (χ0v) is 14.7. The Kier molecular flexibility index (Phi) is 4.84. The van der Waals surface area contributed by atoms with Gasteiger partial charge >= 0.3 is 0 Å². The van der Waals surface area contributed by atoms with E-state index in [9.17, 15) is 4.79 Å². The van der Waals surface area contributed by atoms with Gasteiger partial charge in [0, 0.05) is 37.1 Å². The smallest absolute Gasteiger partial charge is 0.247 e. The van der Waals surface area contributed by atoms with Crippen LogP contribution in [-0.2, 0) is 18.4 Å². The van der Waals surface area contributed by atoms with Crippen LogP contribution in [0.2, 0.25) is 0 Å². The topological polar surface area (TPSA) is 59.0 Å². The minimum atomic E-state index is -0.0806. The standard InChI is InChI=1S/C20H22N4O/c1-14(10-15-8-9-19(21-2)22-12-15)20(25)23-13-17-11-16-6-4-5-7-18(16)24(17)3/h4-12H,13H2,1-3H3,(H,21,22)(H,23,25)/b14-10+. The molecule has 0 saturated carbocycles. The van der Waals surface area contributed by atoms with Crippen LogP contribution in [0.4, 0.5) is 5.82 Å². The largest absolute Gasteiger partial charge is 0.373 e. The van der Waals surface area contributed by atoms with Gasteiger partial charge in [-0.1, -0.05) is 18.2 Å². The number of fused-ring (bicyclic) bond motifs is 1. The summed E-state index contributed by atoms with van der Waals surface area (Å²) in [6.45, 7) is 2.30. The average molecular weight is 334 g/mol. The minimum absolute atomic E-state index is 0.0806. The van der Waals surface area contributed by atoms with E-state index in [1.54, 1.807) is 6.20 Å². The molecule has 5 nitrogen and oxygen atoms in total. The van der Waals surface area contributed by atoms with Gasteiger partial charge in [0.25, 0.3) is 0 Å². The fourth-order valence-corrected chi connectivity index (χ4v) is 2.78. The summed E-state index contributed by atoms with van der Waals surface area (Å²) in [4.78, 5) is 16.6. The number of rotatable bonds is 5. The molecule has 0 aliphatic rings. The number of hydrogen-bond donors (Lipinski definition) is 2. The second-order valence-electron chi connectivity index (χ2n) is 5.99. The Morgan fingerprint density at radius 2 is 2.04 bits per heavy atom. The first-order valence-corrected chi connectivity index (χ1v) is 8.22. The quantitative estimate of drug-likeness (QED) is 0.704. The summed E-state index contributed by atoms with van der Waals surface area (Å²) in [6.07, 6.45) is 3.58. The highest BCUT2D eigenvalue weighted by Gasteiger charge is 2.08. The van der Waals surface area contributed by atoms with Crippen LogP contribution in [-0.4, -0.2) is 22.5 Å². The second kappa shape index (κ2) is 7.21. The molecule has 25 heavy (non-hydrogen) atoms. The van der Waals surface area contributed by atoms with E-state index in [1.807, 2.05) is 51.4 Å². The molecule has 0 atom stereocenters. The van der Waals surface area contributed by atoms with E-state index in [1.165, 1.54) is 5.39 Å². The molecule has 0 aliphatic carbocycles. The third kappa shape index (κ3) is 3.71. The highest BCUT2D eigenvalue weighted by atomic mass is 16.1. The molecule has 5 heteroatoms. The second-order valence-corrected chi connectivity index (χ2v) is 5.99. The number of nitrogens with one attached hydrogen (secondary N) is 2. The van der Waals surface area contributed by atoms with E-state index in [0.717, 1.165) is 22.6 Å². The number of hydrogen-bond acceptors (Lipinski definition) is 3. The van der Waals surface area contributed by atoms with Crippen molar-refractivity contribution in [1.29, 1.82) is 0 Å². The fraction of sp³-hybridized carbons (Fsp3) is 0.200. The van der Waals surface area contributed by atoms with Gasteiger partial charge in [-0.3, -0.25) is 4.79 Å². The molecule has 0 spiro atoms. The van der Waals surface area contributed by atoms with Gasteiger partial charge in [0.1, 0.15) is 5.82 Å². The predicted octanol–water partition coefficient (Wildman–Crippen LogP) is 3.33. The molecule has 2 aromatic heterocycles. The summed E-state index contributed by atoms with van der Waals surface area (Å²) < 4.78 is 2.11. The van der Waals surface area contributed by atoms with Gasteiger partial charge in [0.2, 0.25) is 5.91 Å².